The minimum Gasteiger partial charge on any atom is -0.484 e. The molecule has 1 fully saturated rings. The Hall–Kier alpha value is -1.47. The van der Waals surface area contributed by atoms with Crippen LogP contribution in [-0.2, 0) is 4.79 Å². The van der Waals surface area contributed by atoms with E-state index >= 15 is 0 Å². The van der Waals surface area contributed by atoms with Gasteiger partial charge in [0.05, 0.1) is 0 Å². The van der Waals surface area contributed by atoms with Crippen LogP contribution in [0.15, 0.2) is 40.9 Å². The van der Waals surface area contributed by atoms with Crippen LogP contribution < -0.4 is 15.0 Å². The van der Waals surface area contributed by atoms with Crippen molar-refractivity contribution in [1.82, 2.24) is 10.2 Å². The maximum Gasteiger partial charge on any atom is 0.257 e. The highest BCUT2D eigenvalue weighted by Gasteiger charge is 2.17. The highest BCUT2D eigenvalue weighted by molar-refractivity contribution is 9.10. The number of halogens is 3. The summed E-state index contributed by atoms with van der Waals surface area (Å²) in [7, 11) is 0. The fourth-order valence-corrected chi connectivity index (χ4v) is 4.08. The summed E-state index contributed by atoms with van der Waals surface area (Å²) in [5.41, 5.74) is 4.89. The first-order valence-electron chi connectivity index (χ1n) is 10.6. The minimum atomic E-state index is -0.0717. The lowest BCUT2D eigenvalue weighted by Crippen LogP contribution is -2.47. The van der Waals surface area contributed by atoms with Crippen molar-refractivity contribution in [2.75, 3.05) is 50.8 Å². The molecule has 0 radical (unpaired) electrons. The van der Waals surface area contributed by atoms with Gasteiger partial charge in [-0.25, -0.2) is 0 Å². The second kappa shape index (κ2) is 13.9. The van der Waals surface area contributed by atoms with Crippen molar-refractivity contribution >= 4 is 52.3 Å². The third kappa shape index (κ3) is 8.14. The van der Waals surface area contributed by atoms with Crippen LogP contribution in [0.5, 0.6) is 5.75 Å². The second-order valence-corrected chi connectivity index (χ2v) is 8.77. The van der Waals surface area contributed by atoms with Gasteiger partial charge in [-0.15, -0.1) is 24.8 Å². The predicted molar refractivity (Wildman–Crippen MR) is 141 cm³/mol. The van der Waals surface area contributed by atoms with E-state index in [4.69, 9.17) is 4.74 Å². The van der Waals surface area contributed by atoms with E-state index in [-0.39, 0.29) is 37.3 Å². The SMILES string of the molecule is Cc1ccccc1N1CCN(CCCNC(=O)COc2cc(C)c(Br)c(C)c2)CC1.Cl.Cl. The van der Waals surface area contributed by atoms with Crippen LogP contribution in [0.25, 0.3) is 0 Å². The van der Waals surface area contributed by atoms with Crippen LogP contribution in [0.3, 0.4) is 0 Å². The molecule has 3 rings (SSSR count). The molecule has 32 heavy (non-hydrogen) atoms. The molecular weight excluding hydrogens is 513 g/mol. The number of amides is 1. The summed E-state index contributed by atoms with van der Waals surface area (Å²) >= 11 is 3.54. The molecule has 0 atom stereocenters. The number of piperazine rings is 1. The highest BCUT2D eigenvalue weighted by Crippen LogP contribution is 2.26. The van der Waals surface area contributed by atoms with Gasteiger partial charge in [-0.1, -0.05) is 34.1 Å². The number of benzene rings is 2. The molecule has 2 aromatic carbocycles. The molecule has 5 nitrogen and oxygen atoms in total. The topological polar surface area (TPSA) is 44.8 Å². The molecule has 0 unspecified atom stereocenters. The Labute approximate surface area is 212 Å². The Bertz CT molecular complexity index is 851. The number of nitrogens with one attached hydrogen (secondary N) is 1. The number of hydrogen-bond donors (Lipinski definition) is 1. The average Bonchev–Trinajstić information content (AvgIpc) is 2.74. The monoisotopic (exact) mass is 545 g/mol. The first-order valence-corrected chi connectivity index (χ1v) is 11.4. The molecule has 0 aromatic heterocycles. The number of aryl methyl sites for hydroxylation is 3. The number of carbonyl (C=O) groups excluding carboxylic acids is 1. The summed E-state index contributed by atoms with van der Waals surface area (Å²) in [5.74, 6) is 0.660. The number of nitrogens with zero attached hydrogens (tertiary/aromatic N) is 2. The molecule has 1 aliphatic heterocycles. The summed E-state index contributed by atoms with van der Waals surface area (Å²) < 4.78 is 6.73. The van der Waals surface area contributed by atoms with Crippen molar-refractivity contribution in [3.8, 4) is 5.75 Å². The molecule has 2 aromatic rings. The van der Waals surface area contributed by atoms with Gasteiger partial charge in [0.2, 0.25) is 0 Å². The average molecular weight is 547 g/mol. The van der Waals surface area contributed by atoms with E-state index in [1.165, 1.54) is 11.3 Å². The minimum absolute atomic E-state index is 0. The highest BCUT2D eigenvalue weighted by atomic mass is 79.9. The number of ether oxygens (including phenoxy) is 1. The van der Waals surface area contributed by atoms with E-state index in [9.17, 15) is 4.79 Å². The van der Waals surface area contributed by atoms with Gasteiger partial charge in [0.1, 0.15) is 5.75 Å². The zero-order chi connectivity index (χ0) is 21.5. The fourth-order valence-electron chi connectivity index (χ4n) is 3.85. The number of para-hydroxylation sites is 1. The van der Waals surface area contributed by atoms with Crippen LogP contribution in [-0.4, -0.2) is 56.7 Å². The number of rotatable bonds is 8. The molecule has 1 amide bonds. The fraction of sp³-hybridized carbons (Fsp3) is 0.458. The van der Waals surface area contributed by atoms with Crippen LogP contribution >= 0.6 is 40.7 Å². The quantitative estimate of drug-likeness (QED) is 0.477. The Balaban J connectivity index is 0.00000256. The standard InChI is InChI=1S/C24H32BrN3O2.2ClH/c1-18-7-4-5-8-22(18)28-13-11-27(12-14-28)10-6-9-26-23(29)17-30-21-15-19(2)24(25)20(3)16-21;;/h4-5,7-8,15-16H,6,9-14,17H2,1-3H3,(H,26,29);2*1H. The molecule has 0 spiro atoms. The molecule has 178 valence electrons. The lowest BCUT2D eigenvalue weighted by atomic mass is 10.1. The van der Waals surface area contributed by atoms with Crippen LogP contribution in [0.1, 0.15) is 23.1 Å². The predicted octanol–water partition coefficient (Wildman–Crippen LogP) is 4.93. The van der Waals surface area contributed by atoms with Gasteiger partial charge in [0.25, 0.3) is 5.91 Å². The Kier molecular flexibility index (Phi) is 12.4. The number of hydrogen-bond acceptors (Lipinski definition) is 4. The zero-order valence-corrected chi connectivity index (χ0v) is 22.2. The van der Waals surface area contributed by atoms with E-state index in [0.717, 1.165) is 60.5 Å². The van der Waals surface area contributed by atoms with Gasteiger partial charge in [0, 0.05) is 42.9 Å². The van der Waals surface area contributed by atoms with E-state index in [1.54, 1.807) is 0 Å². The van der Waals surface area contributed by atoms with E-state index < -0.39 is 0 Å². The van der Waals surface area contributed by atoms with Crippen LogP contribution in [0, 0.1) is 20.8 Å². The van der Waals surface area contributed by atoms with Crippen LogP contribution in [0.4, 0.5) is 5.69 Å². The van der Waals surface area contributed by atoms with Crippen molar-refractivity contribution in [3.63, 3.8) is 0 Å². The van der Waals surface area contributed by atoms with E-state index in [1.807, 2.05) is 26.0 Å². The van der Waals surface area contributed by atoms with Gasteiger partial charge < -0.3 is 15.0 Å². The molecule has 1 saturated heterocycles. The van der Waals surface area contributed by atoms with Gasteiger partial charge in [-0.3, -0.25) is 9.69 Å². The van der Waals surface area contributed by atoms with Gasteiger partial charge in [0.15, 0.2) is 6.61 Å². The summed E-state index contributed by atoms with van der Waals surface area (Å²) in [5, 5.41) is 2.96. The zero-order valence-electron chi connectivity index (χ0n) is 19.0. The van der Waals surface area contributed by atoms with E-state index in [2.05, 4.69) is 62.2 Å². The Morgan fingerprint density at radius 2 is 1.62 bits per heavy atom. The lowest BCUT2D eigenvalue weighted by Gasteiger charge is -2.36. The molecule has 1 heterocycles. The molecule has 8 heteroatoms. The Morgan fingerprint density at radius 1 is 1.00 bits per heavy atom. The van der Waals surface area contributed by atoms with Crippen molar-refractivity contribution in [3.05, 3.63) is 57.6 Å². The lowest BCUT2D eigenvalue weighted by molar-refractivity contribution is -0.123. The maximum atomic E-state index is 12.1. The first-order chi connectivity index (χ1) is 14.4. The number of anilines is 1. The number of carbonyl (C=O) groups is 1. The molecule has 0 aliphatic carbocycles. The first kappa shape index (κ1) is 28.6. The van der Waals surface area contributed by atoms with Crippen molar-refractivity contribution in [1.29, 1.82) is 0 Å². The van der Waals surface area contributed by atoms with Gasteiger partial charge in [-0.05, 0) is 68.6 Å². The Morgan fingerprint density at radius 3 is 2.25 bits per heavy atom. The summed E-state index contributed by atoms with van der Waals surface area (Å²) in [4.78, 5) is 17.0. The summed E-state index contributed by atoms with van der Waals surface area (Å²) in [6.45, 7) is 12.2. The van der Waals surface area contributed by atoms with Crippen molar-refractivity contribution in [2.45, 2.75) is 27.2 Å². The summed E-state index contributed by atoms with van der Waals surface area (Å²) in [6, 6.07) is 12.5. The van der Waals surface area contributed by atoms with Crippen molar-refractivity contribution in [2.24, 2.45) is 0 Å². The second-order valence-electron chi connectivity index (χ2n) is 7.98. The third-order valence-electron chi connectivity index (χ3n) is 5.58. The largest absolute Gasteiger partial charge is 0.484 e. The third-order valence-corrected chi connectivity index (χ3v) is 6.83. The van der Waals surface area contributed by atoms with Crippen molar-refractivity contribution < 1.29 is 9.53 Å². The summed E-state index contributed by atoms with van der Waals surface area (Å²) in [6.07, 6.45) is 0.951. The molecular formula is C24H34BrCl2N3O2. The maximum absolute atomic E-state index is 12.1. The molecule has 1 N–H and O–H groups in total. The van der Waals surface area contributed by atoms with Crippen LogP contribution in [0.2, 0.25) is 0 Å². The van der Waals surface area contributed by atoms with Gasteiger partial charge in [-0.2, -0.15) is 0 Å². The molecule has 1 aliphatic rings. The normalized spacial score (nSPS) is 13.7. The van der Waals surface area contributed by atoms with Gasteiger partial charge >= 0.3 is 0 Å². The smallest absolute Gasteiger partial charge is 0.257 e. The molecule has 0 bridgehead atoms. The molecule has 0 saturated carbocycles. The van der Waals surface area contributed by atoms with E-state index in [0.29, 0.717) is 6.54 Å².